The molecule has 0 bridgehead atoms. The van der Waals surface area contributed by atoms with Crippen LogP contribution in [0.5, 0.6) is 0 Å². The zero-order valence-corrected chi connectivity index (χ0v) is 14.7. The van der Waals surface area contributed by atoms with Crippen LogP contribution in [-0.4, -0.2) is 25.2 Å². The number of oxazole rings is 1. The monoisotopic (exact) mass is 385 g/mol. The Labute approximate surface area is 157 Å². The van der Waals surface area contributed by atoms with Crippen LogP contribution in [0.1, 0.15) is 17.0 Å². The molecular weight excluding hydrogens is 371 g/mol. The molecule has 0 saturated heterocycles. The molecule has 0 fully saturated rings. The lowest BCUT2D eigenvalue weighted by atomic mass is 10.1. The van der Waals surface area contributed by atoms with Crippen LogP contribution in [0.2, 0.25) is 0 Å². The van der Waals surface area contributed by atoms with Crippen LogP contribution in [0, 0.1) is 6.92 Å². The lowest BCUT2D eigenvalue weighted by Crippen LogP contribution is -2.06. The number of aryl methyl sites for hydroxylation is 1. The third-order valence-electron chi connectivity index (χ3n) is 4.11. The van der Waals surface area contributed by atoms with Crippen LogP contribution in [0.15, 0.2) is 59.0 Å². The minimum absolute atomic E-state index is 0.107. The second kappa shape index (κ2) is 6.91. The molecule has 6 nitrogen and oxygen atoms in total. The fourth-order valence-corrected chi connectivity index (χ4v) is 2.67. The Morgan fingerprint density at radius 3 is 2.50 bits per heavy atom. The number of hydrogen-bond acceptors (Lipinski definition) is 5. The third kappa shape index (κ3) is 3.64. The summed E-state index contributed by atoms with van der Waals surface area (Å²) < 4.78 is 44.3. The topological polar surface area (TPSA) is 69.6 Å². The highest BCUT2D eigenvalue weighted by Gasteiger charge is 2.30. The number of tetrazole rings is 1. The van der Waals surface area contributed by atoms with Gasteiger partial charge in [0.2, 0.25) is 11.7 Å². The number of benzene rings is 2. The van der Waals surface area contributed by atoms with E-state index in [1.54, 1.807) is 6.92 Å². The summed E-state index contributed by atoms with van der Waals surface area (Å²) in [5, 5.41) is 11.9. The molecule has 2 aromatic heterocycles. The first-order valence-corrected chi connectivity index (χ1v) is 8.37. The highest BCUT2D eigenvalue weighted by Crippen LogP contribution is 2.31. The van der Waals surface area contributed by atoms with E-state index in [1.165, 1.54) is 16.9 Å². The Morgan fingerprint density at radius 1 is 1.00 bits per heavy atom. The first-order chi connectivity index (χ1) is 13.4. The summed E-state index contributed by atoms with van der Waals surface area (Å²) >= 11 is 0. The van der Waals surface area contributed by atoms with Crippen molar-refractivity contribution in [2.24, 2.45) is 0 Å². The molecule has 0 spiro atoms. The molecule has 2 aromatic carbocycles. The molecular formula is C19H14F3N5O. The summed E-state index contributed by atoms with van der Waals surface area (Å²) in [5.74, 6) is 1.19. The molecule has 4 rings (SSSR count). The van der Waals surface area contributed by atoms with E-state index < -0.39 is 11.7 Å². The van der Waals surface area contributed by atoms with Gasteiger partial charge in [0.25, 0.3) is 0 Å². The van der Waals surface area contributed by atoms with Gasteiger partial charge in [0.1, 0.15) is 18.0 Å². The molecule has 4 aromatic rings. The molecule has 0 aliphatic heterocycles. The average Bonchev–Trinajstić information content (AvgIpc) is 3.29. The van der Waals surface area contributed by atoms with Gasteiger partial charge in [-0.25, -0.2) is 4.98 Å². The van der Waals surface area contributed by atoms with Crippen LogP contribution in [0.4, 0.5) is 13.2 Å². The molecule has 0 radical (unpaired) electrons. The molecule has 0 N–H and O–H groups in total. The molecule has 142 valence electrons. The molecule has 0 amide bonds. The van der Waals surface area contributed by atoms with Gasteiger partial charge in [-0.3, -0.25) is 0 Å². The van der Waals surface area contributed by atoms with Crippen LogP contribution < -0.4 is 0 Å². The van der Waals surface area contributed by atoms with Crippen molar-refractivity contribution in [2.75, 3.05) is 0 Å². The lowest BCUT2D eigenvalue weighted by Gasteiger charge is -2.06. The van der Waals surface area contributed by atoms with Crippen molar-refractivity contribution >= 4 is 0 Å². The minimum atomic E-state index is -4.43. The van der Waals surface area contributed by atoms with Crippen LogP contribution in [-0.2, 0) is 12.7 Å². The van der Waals surface area contributed by atoms with Crippen molar-refractivity contribution in [1.82, 2.24) is 25.2 Å². The normalized spacial score (nSPS) is 11.7. The predicted octanol–water partition coefficient (Wildman–Crippen LogP) is 4.37. The highest BCUT2D eigenvalue weighted by molar-refractivity contribution is 5.55. The smallest absolute Gasteiger partial charge is 0.416 e. The maximum Gasteiger partial charge on any atom is 0.416 e. The van der Waals surface area contributed by atoms with Crippen LogP contribution >= 0.6 is 0 Å². The Hall–Kier alpha value is -3.49. The standard InChI is InChI=1S/C19H14F3N5O/c1-12-16(23-18(28-12)13-6-3-2-4-7-13)11-27-25-17(24-26-27)14-8-5-9-15(10-14)19(20,21)22/h2-10H,11H2,1H3. The van der Waals surface area contributed by atoms with E-state index >= 15 is 0 Å². The van der Waals surface area contributed by atoms with Gasteiger partial charge < -0.3 is 4.42 Å². The minimum Gasteiger partial charge on any atom is -0.441 e. The molecule has 0 atom stereocenters. The van der Waals surface area contributed by atoms with Gasteiger partial charge in [-0.15, -0.1) is 10.2 Å². The number of alkyl halides is 3. The van der Waals surface area contributed by atoms with Gasteiger partial charge in [0.05, 0.1) is 5.56 Å². The van der Waals surface area contributed by atoms with Gasteiger partial charge in [0, 0.05) is 11.1 Å². The first kappa shape index (κ1) is 17.9. The maximum absolute atomic E-state index is 12.9. The second-order valence-corrected chi connectivity index (χ2v) is 6.11. The summed E-state index contributed by atoms with van der Waals surface area (Å²) in [6.45, 7) is 1.97. The van der Waals surface area contributed by atoms with E-state index in [9.17, 15) is 13.2 Å². The molecule has 0 saturated carbocycles. The van der Waals surface area contributed by atoms with Gasteiger partial charge in [0.15, 0.2) is 0 Å². The van der Waals surface area contributed by atoms with E-state index in [2.05, 4.69) is 20.4 Å². The molecule has 9 heteroatoms. The molecule has 0 aliphatic carbocycles. The highest BCUT2D eigenvalue weighted by atomic mass is 19.4. The van der Waals surface area contributed by atoms with Crippen molar-refractivity contribution in [3.05, 3.63) is 71.6 Å². The van der Waals surface area contributed by atoms with E-state index in [4.69, 9.17) is 4.42 Å². The van der Waals surface area contributed by atoms with Crippen molar-refractivity contribution in [1.29, 1.82) is 0 Å². The second-order valence-electron chi connectivity index (χ2n) is 6.11. The predicted molar refractivity (Wildman–Crippen MR) is 94.0 cm³/mol. The number of halogens is 3. The lowest BCUT2D eigenvalue weighted by molar-refractivity contribution is -0.137. The molecule has 28 heavy (non-hydrogen) atoms. The number of aromatic nitrogens is 5. The average molecular weight is 385 g/mol. The van der Waals surface area contributed by atoms with E-state index in [0.29, 0.717) is 17.3 Å². The fraction of sp³-hybridized carbons (Fsp3) is 0.158. The van der Waals surface area contributed by atoms with Crippen molar-refractivity contribution in [3.8, 4) is 22.8 Å². The Morgan fingerprint density at radius 2 is 1.75 bits per heavy atom. The molecule has 2 heterocycles. The molecule has 0 unspecified atom stereocenters. The van der Waals surface area contributed by atoms with Gasteiger partial charge in [-0.1, -0.05) is 30.3 Å². The Balaban J connectivity index is 1.57. The summed E-state index contributed by atoms with van der Waals surface area (Å²) in [5.41, 5.74) is 0.934. The first-order valence-electron chi connectivity index (χ1n) is 8.37. The SMILES string of the molecule is Cc1oc(-c2ccccc2)nc1Cn1nnc(-c2cccc(C(F)(F)F)c2)n1. The van der Waals surface area contributed by atoms with Gasteiger partial charge in [-0.2, -0.15) is 18.0 Å². The van der Waals surface area contributed by atoms with E-state index in [0.717, 1.165) is 17.7 Å². The van der Waals surface area contributed by atoms with Crippen molar-refractivity contribution < 1.29 is 17.6 Å². The van der Waals surface area contributed by atoms with Crippen LogP contribution in [0.25, 0.3) is 22.8 Å². The Bertz CT molecular complexity index is 1100. The van der Waals surface area contributed by atoms with Crippen molar-refractivity contribution in [3.63, 3.8) is 0 Å². The summed E-state index contributed by atoms with van der Waals surface area (Å²) in [6, 6.07) is 14.2. The number of hydrogen-bond donors (Lipinski definition) is 0. The summed E-state index contributed by atoms with van der Waals surface area (Å²) in [4.78, 5) is 5.73. The van der Waals surface area contributed by atoms with E-state index in [1.807, 2.05) is 30.3 Å². The Kier molecular flexibility index (Phi) is 4.42. The zero-order valence-electron chi connectivity index (χ0n) is 14.7. The number of rotatable bonds is 4. The largest absolute Gasteiger partial charge is 0.441 e. The maximum atomic E-state index is 12.9. The number of nitrogens with zero attached hydrogens (tertiary/aromatic N) is 5. The van der Waals surface area contributed by atoms with Gasteiger partial charge >= 0.3 is 6.18 Å². The van der Waals surface area contributed by atoms with Crippen molar-refractivity contribution in [2.45, 2.75) is 19.6 Å². The van der Waals surface area contributed by atoms with E-state index in [-0.39, 0.29) is 17.9 Å². The summed E-state index contributed by atoms with van der Waals surface area (Å²) in [7, 11) is 0. The molecule has 0 aliphatic rings. The third-order valence-corrected chi connectivity index (χ3v) is 4.11. The zero-order chi connectivity index (χ0) is 19.7. The quantitative estimate of drug-likeness (QED) is 0.522. The van der Waals surface area contributed by atoms with Crippen LogP contribution in [0.3, 0.4) is 0 Å². The fourth-order valence-electron chi connectivity index (χ4n) is 2.67. The summed E-state index contributed by atoms with van der Waals surface area (Å²) in [6.07, 6.45) is -4.43. The van der Waals surface area contributed by atoms with Gasteiger partial charge in [-0.05, 0) is 36.4 Å².